The Balaban J connectivity index is 1.58. The van der Waals surface area contributed by atoms with Gasteiger partial charge in [0.2, 0.25) is 23.6 Å². The zero-order valence-electron chi connectivity index (χ0n) is 17.8. The summed E-state index contributed by atoms with van der Waals surface area (Å²) in [5.74, 6) is -2.29. The van der Waals surface area contributed by atoms with Crippen LogP contribution in [0.2, 0.25) is 0 Å². The van der Waals surface area contributed by atoms with Crippen molar-refractivity contribution in [1.82, 2.24) is 20.0 Å². The van der Waals surface area contributed by atoms with E-state index >= 15 is 0 Å². The minimum Gasteiger partial charge on any atom is -0.440 e. The van der Waals surface area contributed by atoms with E-state index in [-0.39, 0.29) is 50.1 Å². The van der Waals surface area contributed by atoms with Gasteiger partial charge < -0.3 is 4.74 Å². The third-order valence-corrected chi connectivity index (χ3v) is 5.79. The maximum atomic E-state index is 12.6. The van der Waals surface area contributed by atoms with Gasteiger partial charge in [-0.15, -0.1) is 0 Å². The fourth-order valence-electron chi connectivity index (χ4n) is 3.71. The molecule has 0 aliphatic carbocycles. The Morgan fingerprint density at radius 1 is 0.935 bits per heavy atom. The number of imide groups is 2. The SMILES string of the molecule is Cc1ccccc1C(=O)OCN1C(=O)CN(C(C)C(C)N2CC(=O)NC(=O)C2)CC1=O. The highest BCUT2D eigenvalue weighted by atomic mass is 16.5. The second-order valence-corrected chi connectivity index (χ2v) is 7.85. The van der Waals surface area contributed by atoms with Gasteiger partial charge >= 0.3 is 5.97 Å². The lowest BCUT2D eigenvalue weighted by atomic mass is 10.1. The number of rotatable bonds is 6. The van der Waals surface area contributed by atoms with Crippen LogP contribution in [0.4, 0.5) is 0 Å². The smallest absolute Gasteiger partial charge is 0.340 e. The molecule has 0 spiro atoms. The van der Waals surface area contributed by atoms with E-state index in [1.165, 1.54) is 0 Å². The van der Waals surface area contributed by atoms with Crippen LogP contribution in [0.25, 0.3) is 0 Å². The summed E-state index contributed by atoms with van der Waals surface area (Å²) >= 11 is 0. The van der Waals surface area contributed by atoms with Crippen molar-refractivity contribution in [2.45, 2.75) is 32.9 Å². The number of piperazine rings is 2. The highest BCUT2D eigenvalue weighted by Crippen LogP contribution is 2.17. The van der Waals surface area contributed by atoms with Crippen molar-refractivity contribution in [2.24, 2.45) is 0 Å². The minimum atomic E-state index is -0.601. The molecule has 31 heavy (non-hydrogen) atoms. The van der Waals surface area contributed by atoms with Crippen molar-refractivity contribution < 1.29 is 28.7 Å². The average Bonchev–Trinajstić information content (AvgIpc) is 2.71. The summed E-state index contributed by atoms with van der Waals surface area (Å²) < 4.78 is 5.19. The van der Waals surface area contributed by atoms with Gasteiger partial charge in [0, 0.05) is 12.1 Å². The number of carbonyl (C=O) groups is 5. The largest absolute Gasteiger partial charge is 0.440 e. The summed E-state index contributed by atoms with van der Waals surface area (Å²) in [5, 5.41) is 2.25. The molecule has 0 radical (unpaired) electrons. The standard InChI is InChI=1S/C21H26N4O6/c1-13-6-4-5-7-16(13)21(30)31-12-25-19(28)10-24(11-20(25)29)15(3)14(2)23-8-17(26)22-18(27)9-23/h4-7,14-15H,8-12H2,1-3H3,(H,22,26,27). The number of aryl methyl sites for hydroxylation is 1. The number of hydrogen-bond donors (Lipinski definition) is 1. The molecule has 2 fully saturated rings. The first-order valence-electron chi connectivity index (χ1n) is 10.0. The van der Waals surface area contributed by atoms with Crippen LogP contribution >= 0.6 is 0 Å². The highest BCUT2D eigenvalue weighted by Gasteiger charge is 2.38. The van der Waals surface area contributed by atoms with Gasteiger partial charge in [0.1, 0.15) is 0 Å². The van der Waals surface area contributed by atoms with E-state index in [0.29, 0.717) is 5.56 Å². The van der Waals surface area contributed by atoms with Crippen LogP contribution < -0.4 is 5.32 Å². The summed E-state index contributed by atoms with van der Waals surface area (Å²) in [6.07, 6.45) is 0. The number of nitrogens with zero attached hydrogens (tertiary/aromatic N) is 3. The summed E-state index contributed by atoms with van der Waals surface area (Å²) in [6, 6.07) is 6.40. The highest BCUT2D eigenvalue weighted by molar-refractivity contribution is 6.00. The van der Waals surface area contributed by atoms with Crippen LogP contribution in [0.3, 0.4) is 0 Å². The number of benzene rings is 1. The fourth-order valence-corrected chi connectivity index (χ4v) is 3.71. The number of carbonyl (C=O) groups excluding carboxylic acids is 5. The zero-order valence-corrected chi connectivity index (χ0v) is 17.8. The van der Waals surface area contributed by atoms with E-state index in [0.717, 1.165) is 10.5 Å². The van der Waals surface area contributed by atoms with Crippen LogP contribution in [-0.2, 0) is 23.9 Å². The molecule has 2 atom stereocenters. The molecule has 4 amide bonds. The van der Waals surface area contributed by atoms with Crippen LogP contribution in [0.15, 0.2) is 24.3 Å². The van der Waals surface area contributed by atoms with E-state index in [2.05, 4.69) is 5.32 Å². The first-order valence-corrected chi connectivity index (χ1v) is 10.0. The lowest BCUT2D eigenvalue weighted by Crippen LogP contribution is -2.62. The molecular formula is C21H26N4O6. The molecule has 2 aliphatic heterocycles. The Morgan fingerprint density at radius 3 is 2.00 bits per heavy atom. The van der Waals surface area contributed by atoms with E-state index in [9.17, 15) is 24.0 Å². The minimum absolute atomic E-state index is 0.0346. The Hall–Kier alpha value is -3.11. The Kier molecular flexibility index (Phi) is 6.81. The van der Waals surface area contributed by atoms with Crippen molar-refractivity contribution in [1.29, 1.82) is 0 Å². The quantitative estimate of drug-likeness (QED) is 0.475. The van der Waals surface area contributed by atoms with Gasteiger partial charge in [0.15, 0.2) is 6.73 Å². The molecule has 3 rings (SSSR count). The third kappa shape index (κ3) is 5.15. The van der Waals surface area contributed by atoms with E-state index in [1.54, 1.807) is 41.0 Å². The first kappa shape index (κ1) is 22.6. The number of ether oxygens (including phenoxy) is 1. The van der Waals surface area contributed by atoms with Gasteiger partial charge in [-0.05, 0) is 32.4 Å². The summed E-state index contributed by atoms with van der Waals surface area (Å²) in [5.41, 5.74) is 1.12. The molecule has 0 aromatic heterocycles. The van der Waals surface area contributed by atoms with E-state index < -0.39 is 24.5 Å². The van der Waals surface area contributed by atoms with Gasteiger partial charge in [0.05, 0.1) is 31.7 Å². The lowest BCUT2D eigenvalue weighted by molar-refractivity contribution is -0.158. The molecule has 2 saturated heterocycles. The van der Waals surface area contributed by atoms with Crippen molar-refractivity contribution in [3.05, 3.63) is 35.4 Å². The summed E-state index contributed by atoms with van der Waals surface area (Å²) in [4.78, 5) is 65.1. The molecule has 2 unspecified atom stereocenters. The topological polar surface area (TPSA) is 116 Å². The molecule has 1 N–H and O–H groups in total. The van der Waals surface area contributed by atoms with Crippen molar-refractivity contribution in [3.8, 4) is 0 Å². The molecule has 0 saturated carbocycles. The van der Waals surface area contributed by atoms with Gasteiger partial charge in [-0.1, -0.05) is 18.2 Å². The van der Waals surface area contributed by atoms with E-state index in [1.807, 2.05) is 13.8 Å². The monoisotopic (exact) mass is 430 g/mol. The number of hydrogen-bond acceptors (Lipinski definition) is 8. The lowest BCUT2D eigenvalue weighted by Gasteiger charge is -2.41. The molecule has 2 aliphatic rings. The van der Waals surface area contributed by atoms with Crippen LogP contribution in [0, 0.1) is 6.92 Å². The predicted molar refractivity (Wildman–Crippen MR) is 109 cm³/mol. The Morgan fingerprint density at radius 2 is 1.45 bits per heavy atom. The van der Waals surface area contributed by atoms with Crippen molar-refractivity contribution >= 4 is 29.6 Å². The number of esters is 1. The predicted octanol–water partition coefficient (Wildman–Crippen LogP) is -0.484. The molecular weight excluding hydrogens is 404 g/mol. The Bertz CT molecular complexity index is 883. The molecule has 1 aromatic carbocycles. The molecule has 2 heterocycles. The zero-order chi connectivity index (χ0) is 22.7. The van der Waals surface area contributed by atoms with Gasteiger partial charge in [-0.25, -0.2) is 9.69 Å². The number of nitrogens with one attached hydrogen (secondary N) is 1. The van der Waals surface area contributed by atoms with Crippen molar-refractivity contribution in [2.75, 3.05) is 32.9 Å². The first-order chi connectivity index (χ1) is 14.7. The van der Waals surface area contributed by atoms with Crippen molar-refractivity contribution in [3.63, 3.8) is 0 Å². The second-order valence-electron chi connectivity index (χ2n) is 7.85. The molecule has 1 aromatic rings. The summed E-state index contributed by atoms with van der Waals surface area (Å²) in [6.45, 7) is 5.11. The van der Waals surface area contributed by atoms with Gasteiger partial charge in [-0.3, -0.25) is 34.3 Å². The van der Waals surface area contributed by atoms with Gasteiger partial charge in [0.25, 0.3) is 0 Å². The van der Waals surface area contributed by atoms with Crippen LogP contribution in [-0.4, -0.2) is 89.3 Å². The molecule has 10 nitrogen and oxygen atoms in total. The summed E-state index contributed by atoms with van der Waals surface area (Å²) in [7, 11) is 0. The second kappa shape index (κ2) is 9.36. The van der Waals surface area contributed by atoms with Crippen LogP contribution in [0.1, 0.15) is 29.8 Å². The normalized spacial score (nSPS) is 20.4. The third-order valence-electron chi connectivity index (χ3n) is 5.79. The molecule has 0 bridgehead atoms. The molecule has 166 valence electrons. The van der Waals surface area contributed by atoms with Gasteiger partial charge in [-0.2, -0.15) is 0 Å². The average molecular weight is 430 g/mol. The number of amides is 4. The molecule has 10 heteroatoms. The fraction of sp³-hybridized carbons (Fsp3) is 0.476. The maximum Gasteiger partial charge on any atom is 0.340 e. The van der Waals surface area contributed by atoms with E-state index in [4.69, 9.17) is 4.74 Å². The van der Waals surface area contributed by atoms with Crippen LogP contribution in [0.5, 0.6) is 0 Å². The Labute approximate surface area is 180 Å². The maximum absolute atomic E-state index is 12.6.